The molecule has 0 spiro atoms. The molecule has 0 saturated heterocycles. The van der Waals surface area contributed by atoms with Gasteiger partial charge >= 0.3 is 0 Å². The molecular formula is C18H19N5O3. The molecule has 3 aromatic rings. The van der Waals surface area contributed by atoms with Gasteiger partial charge in [-0.05, 0) is 24.5 Å². The van der Waals surface area contributed by atoms with Gasteiger partial charge in [-0.3, -0.25) is 4.79 Å². The molecule has 0 fully saturated rings. The fourth-order valence-corrected chi connectivity index (χ4v) is 2.79. The van der Waals surface area contributed by atoms with E-state index in [1.807, 2.05) is 18.2 Å². The number of rotatable bonds is 6. The number of methoxy groups -OCH3 is 2. The smallest absolute Gasteiger partial charge is 0.271 e. The van der Waals surface area contributed by atoms with Gasteiger partial charge in [0.15, 0.2) is 5.69 Å². The highest BCUT2D eigenvalue weighted by Crippen LogP contribution is 2.26. The molecule has 4 N–H and O–H groups in total. The maximum absolute atomic E-state index is 11.4. The molecule has 0 aliphatic heterocycles. The summed E-state index contributed by atoms with van der Waals surface area (Å²) in [5, 5.41) is 8.68. The highest BCUT2D eigenvalue weighted by Gasteiger charge is 2.15. The average molecular weight is 353 g/mol. The highest BCUT2D eigenvalue weighted by molar-refractivity contribution is 6.04. The molecule has 0 saturated carbocycles. The molecule has 0 radical (unpaired) electrons. The summed E-state index contributed by atoms with van der Waals surface area (Å²) >= 11 is 0. The lowest BCUT2D eigenvalue weighted by Crippen LogP contribution is -2.17. The van der Waals surface area contributed by atoms with Crippen LogP contribution >= 0.6 is 0 Å². The largest absolute Gasteiger partial charge is 0.481 e. The number of primary amides is 1. The number of nitrogens with zero attached hydrogens (tertiary/aromatic N) is 3. The number of benzene rings is 1. The molecule has 1 amide bonds. The van der Waals surface area contributed by atoms with Gasteiger partial charge < -0.3 is 20.9 Å². The third-order valence-corrected chi connectivity index (χ3v) is 4.13. The second-order valence-corrected chi connectivity index (χ2v) is 5.66. The van der Waals surface area contributed by atoms with Gasteiger partial charge in [0, 0.05) is 17.0 Å². The molecule has 0 unspecified atom stereocenters. The van der Waals surface area contributed by atoms with Crippen molar-refractivity contribution in [3.8, 4) is 11.8 Å². The summed E-state index contributed by atoms with van der Waals surface area (Å²) in [5.41, 5.74) is 14.1. The van der Waals surface area contributed by atoms with E-state index in [1.165, 1.54) is 0 Å². The summed E-state index contributed by atoms with van der Waals surface area (Å²) in [4.78, 5) is 15.7. The van der Waals surface area contributed by atoms with Crippen LogP contribution in [0.4, 0.5) is 5.69 Å². The van der Waals surface area contributed by atoms with Gasteiger partial charge in [-0.25, -0.2) is 0 Å². The second kappa shape index (κ2) is 7.22. The molecule has 3 rings (SSSR count). The predicted molar refractivity (Wildman–Crippen MR) is 97.2 cm³/mol. The number of aromatic nitrogens is 3. The van der Waals surface area contributed by atoms with Crippen molar-refractivity contribution in [2.75, 3.05) is 20.0 Å². The number of aryl methyl sites for hydroxylation is 2. The van der Waals surface area contributed by atoms with E-state index >= 15 is 0 Å². The maximum Gasteiger partial charge on any atom is 0.271 e. The van der Waals surface area contributed by atoms with Crippen LogP contribution in [0.3, 0.4) is 0 Å². The summed E-state index contributed by atoms with van der Waals surface area (Å²) in [6.07, 6.45) is 1.35. The lowest BCUT2D eigenvalue weighted by atomic mass is 10.0. The molecule has 8 heteroatoms. The van der Waals surface area contributed by atoms with Crippen LogP contribution in [-0.4, -0.2) is 35.3 Å². The Morgan fingerprint density at radius 2 is 1.81 bits per heavy atom. The first-order valence-electron chi connectivity index (χ1n) is 7.96. The van der Waals surface area contributed by atoms with Gasteiger partial charge in [0.25, 0.3) is 5.91 Å². The van der Waals surface area contributed by atoms with Crippen molar-refractivity contribution >= 4 is 22.5 Å². The number of hydrogen-bond acceptors (Lipinski definition) is 7. The molecule has 1 aromatic carbocycles. The topological polar surface area (TPSA) is 126 Å². The third kappa shape index (κ3) is 3.21. The van der Waals surface area contributed by atoms with Crippen molar-refractivity contribution in [1.29, 1.82) is 0 Å². The van der Waals surface area contributed by atoms with Crippen LogP contribution < -0.4 is 20.9 Å². The molecule has 0 aliphatic carbocycles. The zero-order chi connectivity index (χ0) is 18.7. The van der Waals surface area contributed by atoms with Crippen molar-refractivity contribution in [3.05, 3.63) is 47.2 Å². The Morgan fingerprint density at radius 1 is 1.04 bits per heavy atom. The van der Waals surface area contributed by atoms with Crippen LogP contribution in [0.2, 0.25) is 0 Å². The maximum atomic E-state index is 11.4. The molecule has 0 atom stereocenters. The van der Waals surface area contributed by atoms with E-state index in [0.29, 0.717) is 35.5 Å². The number of hydrogen-bond donors (Lipinski definition) is 2. The van der Waals surface area contributed by atoms with Gasteiger partial charge in [0.2, 0.25) is 11.8 Å². The van der Waals surface area contributed by atoms with Crippen molar-refractivity contribution < 1.29 is 14.3 Å². The number of amides is 1. The van der Waals surface area contributed by atoms with Crippen molar-refractivity contribution in [1.82, 2.24) is 15.2 Å². The minimum absolute atomic E-state index is 0.0179. The first-order chi connectivity index (χ1) is 12.5. The van der Waals surface area contributed by atoms with E-state index in [4.69, 9.17) is 20.9 Å². The van der Waals surface area contributed by atoms with E-state index in [0.717, 1.165) is 11.1 Å². The Labute approximate surface area is 150 Å². The number of carbonyl (C=O) groups is 1. The predicted octanol–water partition coefficient (Wildman–Crippen LogP) is 1.51. The quantitative estimate of drug-likeness (QED) is 0.687. The van der Waals surface area contributed by atoms with Gasteiger partial charge in [0.1, 0.15) is 0 Å². The van der Waals surface area contributed by atoms with Crippen molar-refractivity contribution in [2.24, 2.45) is 5.73 Å². The molecular weight excluding hydrogens is 334 g/mol. The molecule has 2 aromatic heterocycles. The molecule has 26 heavy (non-hydrogen) atoms. The van der Waals surface area contributed by atoms with Crippen LogP contribution in [0.25, 0.3) is 10.9 Å². The monoisotopic (exact) mass is 353 g/mol. The van der Waals surface area contributed by atoms with Crippen LogP contribution in [0.1, 0.15) is 21.6 Å². The Balaban J connectivity index is 1.93. The Morgan fingerprint density at radius 3 is 2.50 bits per heavy atom. The molecule has 0 aliphatic rings. The number of nitrogens with two attached hydrogens (primary N) is 2. The van der Waals surface area contributed by atoms with Crippen LogP contribution in [0, 0.1) is 0 Å². The normalized spacial score (nSPS) is 10.7. The molecule has 8 nitrogen and oxygen atoms in total. The average Bonchev–Trinajstić information content (AvgIpc) is 2.66. The van der Waals surface area contributed by atoms with E-state index in [-0.39, 0.29) is 11.4 Å². The van der Waals surface area contributed by atoms with Crippen molar-refractivity contribution in [3.63, 3.8) is 0 Å². The zero-order valence-electron chi connectivity index (χ0n) is 14.5. The van der Waals surface area contributed by atoms with Crippen LogP contribution in [0.15, 0.2) is 30.3 Å². The van der Waals surface area contributed by atoms with E-state index in [9.17, 15) is 4.79 Å². The van der Waals surface area contributed by atoms with Crippen molar-refractivity contribution in [2.45, 2.75) is 12.8 Å². The Hall–Kier alpha value is -3.42. The number of ether oxygens (including phenoxy) is 2. The third-order valence-electron chi connectivity index (χ3n) is 4.13. The molecule has 134 valence electrons. The SMILES string of the molecule is COc1ccc(CCc2cccc3c(N)c(C(N)=O)nnc23)c(OC)n1. The second-order valence-electron chi connectivity index (χ2n) is 5.66. The zero-order valence-corrected chi connectivity index (χ0v) is 14.5. The van der Waals surface area contributed by atoms with Gasteiger partial charge in [-0.2, -0.15) is 4.98 Å². The summed E-state index contributed by atoms with van der Waals surface area (Å²) in [6.45, 7) is 0. The number of nitrogen functional groups attached to an aromatic ring is 1. The fraction of sp³-hybridized carbons (Fsp3) is 0.222. The summed E-state index contributed by atoms with van der Waals surface area (Å²) in [6, 6.07) is 9.32. The summed E-state index contributed by atoms with van der Waals surface area (Å²) in [5.74, 6) is 0.316. The van der Waals surface area contributed by atoms with E-state index in [2.05, 4.69) is 15.2 Å². The fourth-order valence-electron chi connectivity index (χ4n) is 2.79. The number of carbonyl (C=O) groups excluding carboxylic acids is 1. The molecule has 2 heterocycles. The standard InChI is InChI=1S/C18H19N5O3/c1-25-13-9-8-11(18(21-13)26-2)7-6-10-4-3-5-12-14(19)16(17(20)24)23-22-15(10)12/h3-5,8-9H,6-7H2,1-2H3,(H2,19,22)(H2,20,24). The van der Waals surface area contributed by atoms with Gasteiger partial charge in [-0.1, -0.05) is 18.2 Å². The Bertz CT molecular complexity index is 974. The lowest BCUT2D eigenvalue weighted by Gasteiger charge is -2.11. The van der Waals surface area contributed by atoms with E-state index in [1.54, 1.807) is 26.4 Å². The lowest BCUT2D eigenvalue weighted by molar-refractivity contribution is 0.0995. The summed E-state index contributed by atoms with van der Waals surface area (Å²) in [7, 11) is 3.13. The van der Waals surface area contributed by atoms with E-state index < -0.39 is 5.91 Å². The van der Waals surface area contributed by atoms with Crippen LogP contribution in [-0.2, 0) is 12.8 Å². The summed E-state index contributed by atoms with van der Waals surface area (Å²) < 4.78 is 10.4. The van der Waals surface area contributed by atoms with Crippen LogP contribution in [0.5, 0.6) is 11.8 Å². The van der Waals surface area contributed by atoms with Gasteiger partial charge in [-0.15, -0.1) is 10.2 Å². The number of pyridine rings is 1. The Kier molecular flexibility index (Phi) is 4.83. The number of fused-ring (bicyclic) bond motifs is 1. The highest BCUT2D eigenvalue weighted by atomic mass is 16.5. The molecule has 0 bridgehead atoms. The minimum atomic E-state index is -0.698. The first kappa shape index (κ1) is 17.4. The number of anilines is 1. The van der Waals surface area contributed by atoms with Gasteiger partial charge in [0.05, 0.1) is 25.4 Å². The first-order valence-corrected chi connectivity index (χ1v) is 7.96. The minimum Gasteiger partial charge on any atom is -0.481 e.